The van der Waals surface area contributed by atoms with Crippen molar-refractivity contribution in [3.05, 3.63) is 25.4 Å². The van der Waals surface area contributed by atoms with Gasteiger partial charge in [-0.3, -0.25) is 14.9 Å². The third-order valence-electron chi connectivity index (χ3n) is 2.39. The SMILES string of the molecule is Cc1sc2c(c1[N+](=O)[O-])C(=O)CCC2. The molecule has 0 saturated heterocycles. The number of carbonyl (C=O) groups excluding carboxylic acids is 1. The molecule has 0 N–H and O–H groups in total. The number of rotatable bonds is 1. The minimum absolute atomic E-state index is 0.0368. The summed E-state index contributed by atoms with van der Waals surface area (Å²) in [6, 6.07) is 0. The van der Waals surface area contributed by atoms with E-state index in [-0.39, 0.29) is 11.5 Å². The highest BCUT2D eigenvalue weighted by Gasteiger charge is 2.31. The van der Waals surface area contributed by atoms with Crippen LogP contribution in [0.5, 0.6) is 0 Å². The molecule has 0 amide bonds. The molecule has 0 unspecified atom stereocenters. The molecule has 0 spiro atoms. The highest BCUT2D eigenvalue weighted by molar-refractivity contribution is 7.12. The van der Waals surface area contributed by atoms with Crippen molar-refractivity contribution in [2.45, 2.75) is 26.2 Å². The van der Waals surface area contributed by atoms with Crippen LogP contribution in [0.15, 0.2) is 0 Å². The lowest BCUT2D eigenvalue weighted by Gasteiger charge is -2.07. The Morgan fingerprint density at radius 3 is 2.79 bits per heavy atom. The molecule has 0 saturated carbocycles. The first-order valence-corrected chi connectivity index (χ1v) is 5.22. The third-order valence-corrected chi connectivity index (χ3v) is 3.55. The van der Waals surface area contributed by atoms with Crippen LogP contribution in [0.3, 0.4) is 0 Å². The minimum atomic E-state index is -0.437. The van der Waals surface area contributed by atoms with Gasteiger partial charge >= 0.3 is 0 Å². The van der Waals surface area contributed by atoms with Gasteiger partial charge in [-0.2, -0.15) is 0 Å². The summed E-state index contributed by atoms with van der Waals surface area (Å²) in [5.41, 5.74) is 0.415. The van der Waals surface area contributed by atoms with Crippen LogP contribution in [0.2, 0.25) is 0 Å². The molecule has 5 heteroatoms. The van der Waals surface area contributed by atoms with Gasteiger partial charge in [-0.1, -0.05) is 0 Å². The fourth-order valence-electron chi connectivity index (χ4n) is 1.81. The summed E-state index contributed by atoms with van der Waals surface area (Å²) in [5.74, 6) is -0.0673. The van der Waals surface area contributed by atoms with Crippen LogP contribution in [0, 0.1) is 17.0 Å². The molecule has 1 aliphatic carbocycles. The Morgan fingerprint density at radius 1 is 1.43 bits per heavy atom. The van der Waals surface area contributed by atoms with Gasteiger partial charge in [0.25, 0.3) is 5.69 Å². The highest BCUT2D eigenvalue weighted by Crippen LogP contribution is 2.38. The average Bonchev–Trinajstić information content (AvgIpc) is 2.42. The van der Waals surface area contributed by atoms with Crippen LogP contribution < -0.4 is 0 Å². The number of ketones is 1. The Balaban J connectivity index is 2.65. The van der Waals surface area contributed by atoms with Gasteiger partial charge in [0.2, 0.25) is 0 Å². The van der Waals surface area contributed by atoms with Crippen molar-refractivity contribution in [1.29, 1.82) is 0 Å². The predicted molar refractivity (Wildman–Crippen MR) is 53.0 cm³/mol. The Kier molecular flexibility index (Phi) is 2.11. The maximum absolute atomic E-state index is 11.5. The highest BCUT2D eigenvalue weighted by atomic mass is 32.1. The number of fused-ring (bicyclic) bond motifs is 1. The van der Waals surface area contributed by atoms with E-state index in [1.165, 1.54) is 11.3 Å². The minimum Gasteiger partial charge on any atom is -0.294 e. The zero-order valence-corrected chi connectivity index (χ0v) is 8.52. The maximum Gasteiger partial charge on any atom is 0.293 e. The fraction of sp³-hybridized carbons (Fsp3) is 0.444. The first-order valence-electron chi connectivity index (χ1n) is 4.41. The van der Waals surface area contributed by atoms with Crippen LogP contribution in [0.25, 0.3) is 0 Å². The monoisotopic (exact) mass is 211 g/mol. The van der Waals surface area contributed by atoms with E-state index >= 15 is 0 Å². The van der Waals surface area contributed by atoms with Gasteiger partial charge in [-0.15, -0.1) is 11.3 Å². The lowest BCUT2D eigenvalue weighted by Crippen LogP contribution is -2.09. The molecule has 0 atom stereocenters. The molecule has 2 rings (SSSR count). The predicted octanol–water partition coefficient (Wildman–Crippen LogP) is 2.48. The van der Waals surface area contributed by atoms with Gasteiger partial charge in [0.1, 0.15) is 5.56 Å². The van der Waals surface area contributed by atoms with Crippen molar-refractivity contribution >= 4 is 22.8 Å². The van der Waals surface area contributed by atoms with Crippen molar-refractivity contribution in [3.63, 3.8) is 0 Å². The number of nitrogens with zero attached hydrogens (tertiary/aromatic N) is 1. The number of hydrogen-bond donors (Lipinski definition) is 0. The van der Waals surface area contributed by atoms with Gasteiger partial charge in [0.15, 0.2) is 5.78 Å². The van der Waals surface area contributed by atoms with Crippen LogP contribution >= 0.6 is 11.3 Å². The topological polar surface area (TPSA) is 60.2 Å². The molecule has 0 aliphatic heterocycles. The van der Waals surface area contributed by atoms with Gasteiger partial charge in [0.05, 0.1) is 9.80 Å². The first-order chi connectivity index (χ1) is 6.61. The Hall–Kier alpha value is -1.23. The molecule has 0 aromatic carbocycles. The van der Waals surface area contributed by atoms with Gasteiger partial charge in [-0.05, 0) is 19.8 Å². The molecule has 1 heterocycles. The van der Waals surface area contributed by atoms with E-state index in [1.807, 2.05) is 0 Å². The molecule has 14 heavy (non-hydrogen) atoms. The standard InChI is InChI=1S/C9H9NO3S/c1-5-9(10(12)13)8-6(11)3-2-4-7(8)14-5/h2-4H2,1H3. The smallest absolute Gasteiger partial charge is 0.293 e. The summed E-state index contributed by atoms with van der Waals surface area (Å²) in [6.45, 7) is 1.70. The molecule has 1 aromatic rings. The number of Topliss-reactive ketones (excluding diaryl/α,β-unsaturated/α-hetero) is 1. The number of thiophene rings is 1. The molecular weight excluding hydrogens is 202 g/mol. The average molecular weight is 211 g/mol. The lowest BCUT2D eigenvalue weighted by atomic mass is 9.96. The zero-order valence-electron chi connectivity index (χ0n) is 7.70. The summed E-state index contributed by atoms with van der Waals surface area (Å²) >= 11 is 1.39. The molecule has 0 fully saturated rings. The van der Waals surface area contributed by atoms with E-state index in [9.17, 15) is 14.9 Å². The van der Waals surface area contributed by atoms with Crippen molar-refractivity contribution in [3.8, 4) is 0 Å². The summed E-state index contributed by atoms with van der Waals surface area (Å²) in [5, 5.41) is 10.8. The van der Waals surface area contributed by atoms with E-state index in [2.05, 4.69) is 0 Å². The zero-order chi connectivity index (χ0) is 10.3. The summed E-state index contributed by atoms with van der Waals surface area (Å²) in [6.07, 6.45) is 2.08. The second-order valence-electron chi connectivity index (χ2n) is 3.34. The van der Waals surface area contributed by atoms with E-state index in [0.29, 0.717) is 16.9 Å². The Bertz CT molecular complexity index is 422. The molecule has 74 valence electrons. The summed E-state index contributed by atoms with van der Waals surface area (Å²) in [7, 11) is 0. The summed E-state index contributed by atoms with van der Waals surface area (Å²) in [4.78, 5) is 23.4. The fourth-order valence-corrected chi connectivity index (χ4v) is 3.01. The second-order valence-corrected chi connectivity index (χ2v) is 4.65. The van der Waals surface area contributed by atoms with Crippen molar-refractivity contribution in [2.75, 3.05) is 0 Å². The molecule has 1 aliphatic rings. The Labute approximate surface area is 84.7 Å². The number of carbonyl (C=O) groups is 1. The quantitative estimate of drug-likeness (QED) is 0.529. The number of nitro groups is 1. The molecule has 0 bridgehead atoms. The van der Waals surface area contributed by atoms with Crippen LogP contribution in [-0.2, 0) is 6.42 Å². The van der Waals surface area contributed by atoms with Crippen molar-refractivity contribution in [2.24, 2.45) is 0 Å². The van der Waals surface area contributed by atoms with Crippen molar-refractivity contribution < 1.29 is 9.72 Å². The van der Waals surface area contributed by atoms with E-state index in [0.717, 1.165) is 17.7 Å². The molecular formula is C9H9NO3S. The number of aryl methyl sites for hydroxylation is 2. The lowest BCUT2D eigenvalue weighted by molar-refractivity contribution is -0.385. The van der Waals surface area contributed by atoms with Crippen molar-refractivity contribution in [1.82, 2.24) is 0 Å². The van der Waals surface area contributed by atoms with Crippen LogP contribution in [0.1, 0.15) is 33.0 Å². The van der Waals surface area contributed by atoms with E-state index in [4.69, 9.17) is 0 Å². The van der Waals surface area contributed by atoms with E-state index in [1.54, 1.807) is 6.92 Å². The third kappa shape index (κ3) is 1.24. The molecule has 0 radical (unpaired) electrons. The van der Waals surface area contributed by atoms with Gasteiger partial charge < -0.3 is 0 Å². The summed E-state index contributed by atoms with van der Waals surface area (Å²) < 4.78 is 0. The number of hydrogen-bond acceptors (Lipinski definition) is 4. The van der Waals surface area contributed by atoms with Gasteiger partial charge in [-0.25, -0.2) is 0 Å². The normalized spacial score (nSPS) is 15.4. The van der Waals surface area contributed by atoms with Crippen LogP contribution in [0.4, 0.5) is 5.69 Å². The largest absolute Gasteiger partial charge is 0.294 e. The Morgan fingerprint density at radius 2 is 2.14 bits per heavy atom. The van der Waals surface area contributed by atoms with Gasteiger partial charge in [0, 0.05) is 11.3 Å². The first kappa shape index (κ1) is 9.33. The molecule has 4 nitrogen and oxygen atoms in total. The molecule has 1 aromatic heterocycles. The maximum atomic E-state index is 11.5. The second kappa shape index (κ2) is 3.16. The van der Waals surface area contributed by atoms with E-state index < -0.39 is 4.92 Å². The van der Waals surface area contributed by atoms with Crippen LogP contribution in [-0.4, -0.2) is 10.7 Å².